The molecule has 2 N–H and O–H groups in total. The van der Waals surface area contributed by atoms with Crippen molar-refractivity contribution in [1.82, 2.24) is 5.32 Å². The Bertz CT molecular complexity index is 761. The van der Waals surface area contributed by atoms with E-state index in [4.69, 9.17) is 16.3 Å². The van der Waals surface area contributed by atoms with Gasteiger partial charge in [-0.3, -0.25) is 9.59 Å². The molecule has 1 aliphatic rings. The third-order valence-corrected chi connectivity index (χ3v) is 5.00. The van der Waals surface area contributed by atoms with Gasteiger partial charge in [0.15, 0.2) is 0 Å². The van der Waals surface area contributed by atoms with E-state index in [9.17, 15) is 9.59 Å². The molecule has 2 heterocycles. The predicted molar refractivity (Wildman–Crippen MR) is 104 cm³/mol. The number of benzene rings is 1. The Morgan fingerprint density at radius 2 is 2.04 bits per heavy atom. The molecule has 8 heteroatoms. The summed E-state index contributed by atoms with van der Waals surface area (Å²) in [6.07, 6.45) is 0.185. The fourth-order valence-corrected chi connectivity index (χ4v) is 3.65. The Hall–Kier alpha value is -2.09. The highest BCUT2D eigenvalue weighted by atomic mass is 35.5. The van der Waals surface area contributed by atoms with Gasteiger partial charge in [0, 0.05) is 37.0 Å². The van der Waals surface area contributed by atoms with Crippen molar-refractivity contribution in [3.8, 4) is 0 Å². The summed E-state index contributed by atoms with van der Waals surface area (Å²) >= 11 is 7.82. The number of amides is 2. The molecule has 0 radical (unpaired) electrons. The number of halogens is 1. The van der Waals surface area contributed by atoms with Gasteiger partial charge in [-0.1, -0.05) is 17.7 Å². The number of carbonyl (C=O) groups is 2. The van der Waals surface area contributed by atoms with E-state index in [0.29, 0.717) is 29.5 Å². The van der Waals surface area contributed by atoms with E-state index in [-0.39, 0.29) is 24.8 Å². The maximum atomic E-state index is 12.3. The average molecular weight is 394 g/mol. The summed E-state index contributed by atoms with van der Waals surface area (Å²) in [7, 11) is 0. The molecule has 1 aromatic heterocycles. The van der Waals surface area contributed by atoms with Gasteiger partial charge < -0.3 is 20.3 Å². The van der Waals surface area contributed by atoms with Gasteiger partial charge in [0.2, 0.25) is 5.91 Å². The second-order valence-corrected chi connectivity index (χ2v) is 6.99. The second-order valence-electron chi connectivity index (χ2n) is 5.80. The highest BCUT2D eigenvalue weighted by Gasteiger charge is 2.19. The van der Waals surface area contributed by atoms with E-state index in [1.165, 1.54) is 11.3 Å². The number of nitrogens with zero attached hydrogens (tertiary/aromatic N) is 1. The van der Waals surface area contributed by atoms with E-state index >= 15 is 0 Å². The van der Waals surface area contributed by atoms with Crippen LogP contribution in [0.4, 0.5) is 11.4 Å². The normalized spacial score (nSPS) is 14.1. The standard InChI is InChI=1S/C18H20ClN3O3S/c19-14-2-1-3-15(17(14)22-7-9-25-10-8-22)21-16(23)4-6-20-18(24)13-5-11-26-12-13/h1-3,5,11-12H,4,6-10H2,(H,20,24)(H,21,23). The molecule has 138 valence electrons. The molecule has 2 amide bonds. The van der Waals surface area contributed by atoms with Crippen LogP contribution in [0.2, 0.25) is 5.02 Å². The van der Waals surface area contributed by atoms with Crippen molar-refractivity contribution in [2.24, 2.45) is 0 Å². The number of thiophene rings is 1. The van der Waals surface area contributed by atoms with E-state index < -0.39 is 0 Å². The SMILES string of the molecule is O=C(CCNC(=O)c1ccsc1)Nc1cccc(Cl)c1N1CCOCC1. The lowest BCUT2D eigenvalue weighted by Crippen LogP contribution is -2.37. The summed E-state index contributed by atoms with van der Waals surface area (Å²) in [5.74, 6) is -0.344. The number of hydrogen-bond donors (Lipinski definition) is 2. The third-order valence-electron chi connectivity index (χ3n) is 4.01. The molecular formula is C18H20ClN3O3S. The van der Waals surface area contributed by atoms with Crippen LogP contribution in [0.5, 0.6) is 0 Å². The van der Waals surface area contributed by atoms with Gasteiger partial charge in [-0.05, 0) is 23.6 Å². The van der Waals surface area contributed by atoms with Gasteiger partial charge in [0.25, 0.3) is 5.91 Å². The Morgan fingerprint density at radius 3 is 2.77 bits per heavy atom. The van der Waals surface area contributed by atoms with Gasteiger partial charge in [-0.25, -0.2) is 0 Å². The third kappa shape index (κ3) is 4.75. The molecular weight excluding hydrogens is 374 g/mol. The predicted octanol–water partition coefficient (Wildman–Crippen LogP) is 3.00. The van der Waals surface area contributed by atoms with E-state index in [2.05, 4.69) is 15.5 Å². The summed E-state index contributed by atoms with van der Waals surface area (Å²) in [5.41, 5.74) is 2.10. The van der Waals surface area contributed by atoms with E-state index in [1.54, 1.807) is 17.5 Å². The molecule has 0 aliphatic carbocycles. The lowest BCUT2D eigenvalue weighted by Gasteiger charge is -2.31. The first kappa shape index (κ1) is 18.7. The molecule has 0 bridgehead atoms. The Kier molecular flexibility index (Phi) is 6.49. The van der Waals surface area contributed by atoms with Crippen molar-refractivity contribution in [2.45, 2.75) is 6.42 Å². The number of hydrogen-bond acceptors (Lipinski definition) is 5. The van der Waals surface area contributed by atoms with Crippen LogP contribution in [-0.2, 0) is 9.53 Å². The largest absolute Gasteiger partial charge is 0.378 e. The topological polar surface area (TPSA) is 70.7 Å². The fourth-order valence-electron chi connectivity index (χ4n) is 2.72. The molecule has 1 fully saturated rings. The van der Waals surface area contributed by atoms with Crippen molar-refractivity contribution in [3.63, 3.8) is 0 Å². The van der Waals surface area contributed by atoms with Crippen LogP contribution in [0.1, 0.15) is 16.8 Å². The van der Waals surface area contributed by atoms with Crippen molar-refractivity contribution in [2.75, 3.05) is 43.1 Å². The van der Waals surface area contributed by atoms with E-state index in [0.717, 1.165) is 18.8 Å². The summed E-state index contributed by atoms with van der Waals surface area (Å²) in [5, 5.41) is 9.86. The van der Waals surface area contributed by atoms with Gasteiger partial charge >= 0.3 is 0 Å². The van der Waals surface area contributed by atoms with Crippen LogP contribution in [0.3, 0.4) is 0 Å². The van der Waals surface area contributed by atoms with Gasteiger partial charge in [-0.15, -0.1) is 0 Å². The summed E-state index contributed by atoms with van der Waals surface area (Å²) in [4.78, 5) is 26.3. The molecule has 0 spiro atoms. The maximum Gasteiger partial charge on any atom is 0.252 e. The number of nitrogens with one attached hydrogen (secondary N) is 2. The number of para-hydroxylation sites is 1. The van der Waals surface area contributed by atoms with Crippen molar-refractivity contribution >= 4 is 46.1 Å². The smallest absolute Gasteiger partial charge is 0.252 e. The zero-order valence-electron chi connectivity index (χ0n) is 14.2. The van der Waals surface area contributed by atoms with Gasteiger partial charge in [0.05, 0.1) is 29.6 Å². The maximum absolute atomic E-state index is 12.3. The number of rotatable bonds is 6. The summed E-state index contributed by atoms with van der Waals surface area (Å²) < 4.78 is 5.38. The van der Waals surface area contributed by atoms with Crippen LogP contribution >= 0.6 is 22.9 Å². The first-order valence-electron chi connectivity index (χ1n) is 8.36. The van der Waals surface area contributed by atoms with Gasteiger partial charge in [-0.2, -0.15) is 11.3 Å². The van der Waals surface area contributed by atoms with Crippen LogP contribution in [0.15, 0.2) is 35.0 Å². The minimum atomic E-state index is -0.174. The summed E-state index contributed by atoms with van der Waals surface area (Å²) in [6.45, 7) is 2.99. The highest BCUT2D eigenvalue weighted by molar-refractivity contribution is 7.08. The lowest BCUT2D eigenvalue weighted by atomic mass is 10.2. The Morgan fingerprint density at radius 1 is 1.23 bits per heavy atom. The molecule has 26 heavy (non-hydrogen) atoms. The van der Waals surface area contributed by atoms with Crippen LogP contribution in [0.25, 0.3) is 0 Å². The zero-order chi connectivity index (χ0) is 18.4. The monoisotopic (exact) mass is 393 g/mol. The lowest BCUT2D eigenvalue weighted by molar-refractivity contribution is -0.116. The average Bonchev–Trinajstić information content (AvgIpc) is 3.17. The fraction of sp³-hybridized carbons (Fsp3) is 0.333. The van der Waals surface area contributed by atoms with Crippen LogP contribution in [-0.4, -0.2) is 44.7 Å². The molecule has 1 saturated heterocycles. The molecule has 1 aliphatic heterocycles. The minimum Gasteiger partial charge on any atom is -0.378 e. The Labute approximate surface area is 161 Å². The van der Waals surface area contributed by atoms with Crippen LogP contribution < -0.4 is 15.5 Å². The molecule has 0 atom stereocenters. The van der Waals surface area contributed by atoms with Crippen molar-refractivity contribution in [3.05, 3.63) is 45.6 Å². The van der Waals surface area contributed by atoms with E-state index in [1.807, 2.05) is 17.5 Å². The molecule has 2 aromatic rings. The first-order chi connectivity index (χ1) is 12.6. The quantitative estimate of drug-likeness (QED) is 0.791. The van der Waals surface area contributed by atoms with Crippen LogP contribution in [0, 0.1) is 0 Å². The number of ether oxygens (including phenoxy) is 1. The molecule has 1 aromatic carbocycles. The molecule has 6 nitrogen and oxygen atoms in total. The van der Waals surface area contributed by atoms with Gasteiger partial charge in [0.1, 0.15) is 0 Å². The minimum absolute atomic E-state index is 0.171. The molecule has 0 unspecified atom stereocenters. The number of morpholine rings is 1. The second kappa shape index (κ2) is 9.02. The molecule has 0 saturated carbocycles. The Balaban J connectivity index is 1.57. The summed E-state index contributed by atoms with van der Waals surface area (Å²) in [6, 6.07) is 7.20. The highest BCUT2D eigenvalue weighted by Crippen LogP contribution is 2.34. The zero-order valence-corrected chi connectivity index (χ0v) is 15.7. The molecule has 3 rings (SSSR count). The number of anilines is 2. The first-order valence-corrected chi connectivity index (χ1v) is 9.68. The van der Waals surface area contributed by atoms with Crippen molar-refractivity contribution < 1.29 is 14.3 Å². The van der Waals surface area contributed by atoms with Crippen molar-refractivity contribution in [1.29, 1.82) is 0 Å². The number of carbonyl (C=O) groups excluding carboxylic acids is 2.